The van der Waals surface area contributed by atoms with Crippen molar-refractivity contribution in [3.05, 3.63) is 0 Å². The molecule has 1 rings (SSSR count). The Morgan fingerprint density at radius 2 is 2.00 bits per heavy atom. The number of alkyl halides is 3. The minimum Gasteiger partial charge on any atom is -0.356 e. The Kier molecular flexibility index (Phi) is 3.96. The molecule has 0 radical (unpaired) electrons. The Morgan fingerprint density at radius 3 is 2.33 bits per heavy atom. The van der Waals surface area contributed by atoms with Gasteiger partial charge in [-0.05, 0) is 5.41 Å². The molecule has 1 aliphatic rings. The van der Waals surface area contributed by atoms with Gasteiger partial charge in [0, 0.05) is 6.42 Å². The highest BCUT2D eigenvalue weighted by Gasteiger charge is 2.59. The summed E-state index contributed by atoms with van der Waals surface area (Å²) in [5.41, 5.74) is -0.0725. The molecule has 1 saturated carbocycles. The van der Waals surface area contributed by atoms with E-state index in [2.05, 4.69) is 27.9 Å². The van der Waals surface area contributed by atoms with E-state index in [1.165, 1.54) is 0 Å². The van der Waals surface area contributed by atoms with Crippen LogP contribution in [0.25, 0.3) is 0 Å². The largest absolute Gasteiger partial charge is 0.356 e. The van der Waals surface area contributed by atoms with Crippen LogP contribution in [0.3, 0.4) is 0 Å². The van der Waals surface area contributed by atoms with E-state index in [9.17, 15) is 13.9 Å². The monoisotopic (exact) mass is 335 g/mol. The van der Waals surface area contributed by atoms with Crippen molar-refractivity contribution in [3.8, 4) is 0 Å². The Hall–Kier alpha value is 0.470. The fourth-order valence-electron chi connectivity index (χ4n) is 0.906. The second kappa shape index (κ2) is 4.38. The quantitative estimate of drug-likeness (QED) is 0.358. The summed E-state index contributed by atoms with van der Waals surface area (Å²) < 4.78 is 29.6. The molecule has 3 unspecified atom stereocenters. The van der Waals surface area contributed by atoms with Gasteiger partial charge in [-0.2, -0.15) is 0 Å². The third-order valence-electron chi connectivity index (χ3n) is 2.11. The first-order valence-electron chi connectivity index (χ1n) is 4.74. The van der Waals surface area contributed by atoms with Gasteiger partial charge in [0.15, 0.2) is 0 Å². The Balaban J connectivity index is 2.28. The second-order valence-electron chi connectivity index (χ2n) is 4.84. The molecule has 0 aromatic heterocycles. The van der Waals surface area contributed by atoms with Crippen LogP contribution >= 0.6 is 22.6 Å². The molecule has 0 aromatic rings. The van der Waals surface area contributed by atoms with E-state index < -0.39 is 18.4 Å². The van der Waals surface area contributed by atoms with E-state index in [-0.39, 0.29) is 15.9 Å². The van der Waals surface area contributed by atoms with Crippen molar-refractivity contribution in [2.24, 2.45) is 5.41 Å². The van der Waals surface area contributed by atoms with Crippen molar-refractivity contribution in [2.75, 3.05) is 0 Å². The topological polar surface area (TPSA) is 41.5 Å². The molecule has 1 fully saturated rings. The minimum absolute atomic E-state index is 0.0579. The molecule has 0 amide bonds. The molecule has 3 nitrogen and oxygen atoms in total. The average molecular weight is 335 g/mol. The zero-order valence-corrected chi connectivity index (χ0v) is 11.1. The van der Waals surface area contributed by atoms with Gasteiger partial charge < -0.3 is 9.84 Å². The van der Waals surface area contributed by atoms with Crippen molar-refractivity contribution in [1.29, 1.82) is 0 Å². The van der Waals surface area contributed by atoms with Crippen LogP contribution in [-0.2, 0) is 4.74 Å². The predicted octanol–water partition coefficient (Wildman–Crippen LogP) is 2.08. The number of aliphatic hydroxyl groups excluding tert-OH is 1. The lowest BCUT2D eigenvalue weighted by atomic mass is 9.97. The van der Waals surface area contributed by atoms with E-state index in [4.69, 9.17) is 4.74 Å². The SMILES string of the molecule is CC(C)(C)C(I)NC(O)OC1CC1(F)F. The number of halogens is 3. The van der Waals surface area contributed by atoms with Crippen molar-refractivity contribution in [2.45, 2.75) is 49.7 Å². The van der Waals surface area contributed by atoms with Gasteiger partial charge in [0.1, 0.15) is 6.10 Å². The molecule has 2 N–H and O–H groups in total. The molecule has 3 atom stereocenters. The van der Waals surface area contributed by atoms with Crippen molar-refractivity contribution < 1.29 is 18.6 Å². The number of aliphatic hydroxyl groups is 1. The van der Waals surface area contributed by atoms with Gasteiger partial charge in [-0.25, -0.2) is 8.78 Å². The van der Waals surface area contributed by atoms with Crippen molar-refractivity contribution in [3.63, 3.8) is 0 Å². The highest BCUT2D eigenvalue weighted by atomic mass is 127. The lowest BCUT2D eigenvalue weighted by Gasteiger charge is -2.28. The molecule has 0 spiro atoms. The maximum atomic E-state index is 12.5. The molecule has 1 aliphatic carbocycles. The summed E-state index contributed by atoms with van der Waals surface area (Å²) in [6.07, 6.45) is -2.76. The summed E-state index contributed by atoms with van der Waals surface area (Å²) >= 11 is 2.10. The Labute approximate surface area is 102 Å². The van der Waals surface area contributed by atoms with E-state index in [0.717, 1.165) is 0 Å². The lowest BCUT2D eigenvalue weighted by Crippen LogP contribution is -2.43. The molecule has 0 aromatic carbocycles. The highest BCUT2D eigenvalue weighted by molar-refractivity contribution is 14.1. The van der Waals surface area contributed by atoms with Crippen molar-refractivity contribution >= 4 is 22.6 Å². The summed E-state index contributed by atoms with van der Waals surface area (Å²) in [5, 5.41) is 12.1. The first-order valence-corrected chi connectivity index (χ1v) is 5.99. The number of nitrogens with one attached hydrogen (secondary N) is 1. The van der Waals surface area contributed by atoms with Crippen LogP contribution in [0.4, 0.5) is 8.78 Å². The first-order chi connectivity index (χ1) is 6.63. The molecule has 15 heavy (non-hydrogen) atoms. The zero-order chi connectivity index (χ0) is 11.9. The smallest absolute Gasteiger partial charge is 0.276 e. The molecular weight excluding hydrogens is 319 g/mol. The molecule has 0 bridgehead atoms. The summed E-state index contributed by atoms with van der Waals surface area (Å²) in [7, 11) is 0. The van der Waals surface area contributed by atoms with Gasteiger partial charge in [-0.15, -0.1) is 0 Å². The summed E-state index contributed by atoms with van der Waals surface area (Å²) in [6.45, 7) is 5.95. The third kappa shape index (κ3) is 4.08. The minimum atomic E-state index is -2.76. The molecule has 0 saturated heterocycles. The highest BCUT2D eigenvalue weighted by Crippen LogP contribution is 2.44. The predicted molar refractivity (Wildman–Crippen MR) is 60.8 cm³/mol. The van der Waals surface area contributed by atoms with Gasteiger partial charge in [0.2, 0.25) is 6.41 Å². The average Bonchev–Trinajstić information content (AvgIpc) is 2.55. The maximum absolute atomic E-state index is 12.5. The number of hydrogen-bond acceptors (Lipinski definition) is 3. The van der Waals surface area contributed by atoms with Crippen LogP contribution in [0.1, 0.15) is 27.2 Å². The van der Waals surface area contributed by atoms with Crippen LogP contribution in [0.5, 0.6) is 0 Å². The third-order valence-corrected chi connectivity index (χ3v) is 4.34. The number of rotatable bonds is 4. The van der Waals surface area contributed by atoms with E-state index in [1.54, 1.807) is 0 Å². The van der Waals surface area contributed by atoms with Crippen LogP contribution in [-0.4, -0.2) is 27.6 Å². The first kappa shape index (κ1) is 13.5. The fourth-order valence-corrected chi connectivity index (χ4v) is 1.21. The van der Waals surface area contributed by atoms with E-state index in [1.807, 2.05) is 20.8 Å². The fraction of sp³-hybridized carbons (Fsp3) is 1.00. The van der Waals surface area contributed by atoms with Gasteiger partial charge in [0.05, 0.1) is 4.05 Å². The summed E-state index contributed by atoms with van der Waals surface area (Å²) in [6, 6.07) is 0. The molecule has 0 aliphatic heterocycles. The van der Waals surface area contributed by atoms with Crippen LogP contribution in [0.15, 0.2) is 0 Å². The van der Waals surface area contributed by atoms with E-state index >= 15 is 0 Å². The van der Waals surface area contributed by atoms with Crippen LogP contribution < -0.4 is 5.32 Å². The van der Waals surface area contributed by atoms with Crippen LogP contribution in [0.2, 0.25) is 0 Å². The van der Waals surface area contributed by atoms with Gasteiger partial charge in [-0.3, -0.25) is 5.32 Å². The second-order valence-corrected chi connectivity index (χ2v) is 6.08. The molecule has 0 heterocycles. The van der Waals surface area contributed by atoms with E-state index in [0.29, 0.717) is 0 Å². The standard InChI is InChI=1S/C9H16F2INO2/c1-8(2,3)6(12)13-7(14)15-5-4-9(5,10)11/h5-7,13-14H,4H2,1-3H3. The zero-order valence-electron chi connectivity index (χ0n) is 8.93. The lowest BCUT2D eigenvalue weighted by molar-refractivity contribution is -0.151. The number of hydrogen-bond donors (Lipinski definition) is 2. The maximum Gasteiger partial charge on any atom is 0.276 e. The van der Waals surface area contributed by atoms with Gasteiger partial charge in [-0.1, -0.05) is 43.4 Å². The molecule has 90 valence electrons. The summed E-state index contributed by atoms with van der Waals surface area (Å²) in [5.74, 6) is -2.76. The Morgan fingerprint density at radius 1 is 1.53 bits per heavy atom. The summed E-state index contributed by atoms with van der Waals surface area (Å²) in [4.78, 5) is 0. The Bertz CT molecular complexity index is 233. The van der Waals surface area contributed by atoms with Crippen molar-refractivity contribution in [1.82, 2.24) is 5.32 Å². The number of ether oxygens (including phenoxy) is 1. The van der Waals surface area contributed by atoms with Gasteiger partial charge >= 0.3 is 0 Å². The van der Waals surface area contributed by atoms with Crippen LogP contribution in [0, 0.1) is 5.41 Å². The van der Waals surface area contributed by atoms with Gasteiger partial charge in [0.25, 0.3) is 5.92 Å². The normalized spacial score (nSPS) is 28.6. The molecule has 6 heteroatoms. The molecular formula is C9H16F2INO2.